The minimum absolute atomic E-state index is 0.0680. The number of rotatable bonds is 4. The van der Waals surface area contributed by atoms with Crippen molar-refractivity contribution in [3.63, 3.8) is 0 Å². The number of carbonyl (C=O) groups excluding carboxylic acids is 1. The van der Waals surface area contributed by atoms with Crippen molar-refractivity contribution in [2.45, 2.75) is 32.7 Å². The minimum atomic E-state index is -0.145. The molecule has 26 heavy (non-hydrogen) atoms. The second-order valence-corrected chi connectivity index (χ2v) is 7.29. The van der Waals surface area contributed by atoms with Crippen molar-refractivity contribution in [2.75, 3.05) is 6.54 Å². The molecular weight excluding hydrogens is 350 g/mol. The Balaban J connectivity index is 1.52. The van der Waals surface area contributed by atoms with Crippen LogP contribution in [0.2, 0.25) is 0 Å². The van der Waals surface area contributed by atoms with Gasteiger partial charge in [-0.05, 0) is 30.7 Å². The Hall–Kier alpha value is -2.58. The number of amides is 1. The molecule has 0 fully saturated rings. The maximum absolute atomic E-state index is 12.9. The third-order valence-electron chi connectivity index (χ3n) is 4.32. The van der Waals surface area contributed by atoms with Crippen LogP contribution in [0.3, 0.4) is 0 Å². The standard InChI is InChI=1S/C18H19N5O2S/c1-13-21-17(12-26-13)18(24)22-8-15-4-7-20-23(15)10-16(9-22)25-11-14-2-5-19-6-3-14/h2-7,12,16H,8-11H2,1H3. The minimum Gasteiger partial charge on any atom is -0.370 e. The Bertz CT molecular complexity index is 892. The lowest BCUT2D eigenvalue weighted by atomic mass is 10.2. The molecule has 0 bridgehead atoms. The van der Waals surface area contributed by atoms with Gasteiger partial charge in [0.25, 0.3) is 5.91 Å². The Morgan fingerprint density at radius 1 is 1.27 bits per heavy atom. The first kappa shape index (κ1) is 16.9. The number of fused-ring (bicyclic) bond motifs is 1. The first-order chi connectivity index (χ1) is 12.7. The van der Waals surface area contributed by atoms with Crippen LogP contribution in [0.15, 0.2) is 42.2 Å². The van der Waals surface area contributed by atoms with Gasteiger partial charge in [-0.25, -0.2) is 4.98 Å². The zero-order chi connectivity index (χ0) is 17.9. The molecule has 1 atom stereocenters. The van der Waals surface area contributed by atoms with E-state index in [1.165, 1.54) is 11.3 Å². The van der Waals surface area contributed by atoms with Gasteiger partial charge in [0.05, 0.1) is 36.5 Å². The van der Waals surface area contributed by atoms with Crippen LogP contribution in [0, 0.1) is 6.92 Å². The van der Waals surface area contributed by atoms with Crippen molar-refractivity contribution in [1.82, 2.24) is 24.6 Å². The maximum Gasteiger partial charge on any atom is 0.273 e. The summed E-state index contributed by atoms with van der Waals surface area (Å²) in [5.41, 5.74) is 2.55. The van der Waals surface area contributed by atoms with Gasteiger partial charge in [-0.15, -0.1) is 11.3 Å². The Morgan fingerprint density at radius 3 is 2.88 bits per heavy atom. The van der Waals surface area contributed by atoms with Gasteiger partial charge in [-0.2, -0.15) is 5.10 Å². The predicted octanol–water partition coefficient (Wildman–Crippen LogP) is 2.28. The average molecular weight is 369 g/mol. The molecule has 1 unspecified atom stereocenters. The van der Waals surface area contributed by atoms with Crippen LogP contribution in [0.25, 0.3) is 0 Å². The Labute approximate surface area is 155 Å². The molecule has 0 N–H and O–H groups in total. The van der Waals surface area contributed by atoms with Crippen LogP contribution in [0.5, 0.6) is 0 Å². The number of hydrogen-bond acceptors (Lipinski definition) is 6. The largest absolute Gasteiger partial charge is 0.370 e. The fourth-order valence-electron chi connectivity index (χ4n) is 2.99. The maximum atomic E-state index is 12.9. The van der Waals surface area contributed by atoms with Gasteiger partial charge in [-0.1, -0.05) is 0 Å². The second-order valence-electron chi connectivity index (χ2n) is 6.23. The number of aromatic nitrogens is 4. The quantitative estimate of drug-likeness (QED) is 0.705. The van der Waals surface area contributed by atoms with Gasteiger partial charge in [0.15, 0.2) is 0 Å². The summed E-state index contributed by atoms with van der Waals surface area (Å²) in [5.74, 6) is -0.0680. The Morgan fingerprint density at radius 2 is 2.12 bits per heavy atom. The molecule has 0 radical (unpaired) electrons. The number of ether oxygens (including phenoxy) is 1. The van der Waals surface area contributed by atoms with Crippen LogP contribution in [0.4, 0.5) is 0 Å². The van der Waals surface area contributed by atoms with E-state index < -0.39 is 0 Å². The SMILES string of the molecule is Cc1nc(C(=O)N2Cc3ccnn3CC(OCc3ccncc3)C2)cs1. The monoisotopic (exact) mass is 369 g/mol. The third kappa shape index (κ3) is 3.66. The van der Waals surface area contributed by atoms with E-state index in [2.05, 4.69) is 15.1 Å². The fraction of sp³-hybridized carbons (Fsp3) is 0.333. The van der Waals surface area contributed by atoms with Gasteiger partial charge in [-0.3, -0.25) is 14.5 Å². The van der Waals surface area contributed by atoms with E-state index in [0.29, 0.717) is 31.9 Å². The summed E-state index contributed by atoms with van der Waals surface area (Å²) < 4.78 is 8.01. The molecule has 3 aromatic rings. The van der Waals surface area contributed by atoms with E-state index in [1.807, 2.05) is 35.2 Å². The lowest BCUT2D eigenvalue weighted by Gasteiger charge is -2.23. The van der Waals surface area contributed by atoms with Crippen molar-refractivity contribution in [3.05, 3.63) is 64.1 Å². The Kier molecular flexibility index (Phi) is 4.77. The number of nitrogens with zero attached hydrogens (tertiary/aromatic N) is 5. The van der Waals surface area contributed by atoms with Crippen LogP contribution < -0.4 is 0 Å². The van der Waals surface area contributed by atoms with Crippen molar-refractivity contribution >= 4 is 17.2 Å². The second kappa shape index (κ2) is 7.35. The van der Waals surface area contributed by atoms with Gasteiger partial charge < -0.3 is 9.64 Å². The molecular formula is C18H19N5O2S. The van der Waals surface area contributed by atoms with Crippen LogP contribution in [0.1, 0.15) is 26.8 Å². The van der Waals surface area contributed by atoms with Crippen molar-refractivity contribution in [2.24, 2.45) is 0 Å². The van der Waals surface area contributed by atoms with E-state index in [1.54, 1.807) is 23.5 Å². The highest BCUT2D eigenvalue weighted by molar-refractivity contribution is 7.09. The molecule has 7 nitrogen and oxygen atoms in total. The number of thiazole rings is 1. The summed E-state index contributed by atoms with van der Waals surface area (Å²) in [6.45, 7) is 4.00. The molecule has 1 aliphatic heterocycles. The van der Waals surface area contributed by atoms with Gasteiger partial charge in [0.1, 0.15) is 5.69 Å². The molecule has 0 aliphatic carbocycles. The van der Waals surface area contributed by atoms with E-state index in [9.17, 15) is 4.79 Å². The predicted molar refractivity (Wildman–Crippen MR) is 96.6 cm³/mol. The highest BCUT2D eigenvalue weighted by Gasteiger charge is 2.27. The van der Waals surface area contributed by atoms with Gasteiger partial charge in [0, 0.05) is 30.5 Å². The molecule has 0 aromatic carbocycles. The summed E-state index contributed by atoms with van der Waals surface area (Å²) in [6.07, 6.45) is 5.11. The molecule has 4 rings (SSSR count). The zero-order valence-electron chi connectivity index (χ0n) is 14.4. The van der Waals surface area contributed by atoms with Gasteiger partial charge >= 0.3 is 0 Å². The van der Waals surface area contributed by atoms with E-state index in [0.717, 1.165) is 16.3 Å². The van der Waals surface area contributed by atoms with Crippen LogP contribution >= 0.6 is 11.3 Å². The summed E-state index contributed by atoms with van der Waals surface area (Å²) in [6, 6.07) is 5.80. The topological polar surface area (TPSA) is 73.1 Å². The lowest BCUT2D eigenvalue weighted by Crippen LogP contribution is -2.37. The van der Waals surface area contributed by atoms with Crippen molar-refractivity contribution in [3.8, 4) is 0 Å². The molecule has 1 aliphatic rings. The molecule has 1 amide bonds. The summed E-state index contributed by atoms with van der Waals surface area (Å²) >= 11 is 1.48. The zero-order valence-corrected chi connectivity index (χ0v) is 15.2. The van der Waals surface area contributed by atoms with Crippen LogP contribution in [-0.2, 0) is 24.4 Å². The molecule has 4 heterocycles. The van der Waals surface area contributed by atoms with Crippen LogP contribution in [-0.4, -0.2) is 43.2 Å². The molecule has 0 saturated carbocycles. The summed E-state index contributed by atoms with van der Waals surface area (Å²) in [4.78, 5) is 23.0. The van der Waals surface area contributed by atoms with E-state index >= 15 is 0 Å². The highest BCUT2D eigenvalue weighted by Crippen LogP contribution is 2.18. The third-order valence-corrected chi connectivity index (χ3v) is 5.09. The highest BCUT2D eigenvalue weighted by atomic mass is 32.1. The molecule has 3 aromatic heterocycles. The molecule has 0 saturated heterocycles. The summed E-state index contributed by atoms with van der Waals surface area (Å²) in [7, 11) is 0. The lowest BCUT2D eigenvalue weighted by molar-refractivity contribution is 0.00901. The number of aryl methyl sites for hydroxylation is 1. The molecule has 134 valence electrons. The van der Waals surface area contributed by atoms with Crippen molar-refractivity contribution < 1.29 is 9.53 Å². The van der Waals surface area contributed by atoms with E-state index in [-0.39, 0.29) is 12.0 Å². The van der Waals surface area contributed by atoms with Gasteiger partial charge in [0.2, 0.25) is 0 Å². The summed E-state index contributed by atoms with van der Waals surface area (Å²) in [5, 5.41) is 7.07. The van der Waals surface area contributed by atoms with E-state index in [4.69, 9.17) is 4.74 Å². The number of hydrogen-bond donors (Lipinski definition) is 0. The number of pyridine rings is 1. The number of carbonyl (C=O) groups is 1. The van der Waals surface area contributed by atoms with Crippen molar-refractivity contribution in [1.29, 1.82) is 0 Å². The molecule has 0 spiro atoms. The first-order valence-corrected chi connectivity index (χ1v) is 9.29. The molecule has 8 heteroatoms. The fourth-order valence-corrected chi connectivity index (χ4v) is 3.58. The average Bonchev–Trinajstić information content (AvgIpc) is 3.24. The smallest absolute Gasteiger partial charge is 0.273 e. The first-order valence-electron chi connectivity index (χ1n) is 8.41. The normalized spacial score (nSPS) is 17.0.